The molecule has 4 nitrogen and oxygen atoms in total. The number of anilines is 1. The Morgan fingerprint density at radius 1 is 1.20 bits per heavy atom. The van der Waals surface area contributed by atoms with Gasteiger partial charge in [-0.05, 0) is 36.8 Å². The molecule has 0 aromatic heterocycles. The number of nitrogen functional groups attached to an aromatic ring is 1. The highest BCUT2D eigenvalue weighted by Crippen LogP contribution is 2.16. The predicted molar refractivity (Wildman–Crippen MR) is 76.0 cm³/mol. The summed E-state index contributed by atoms with van der Waals surface area (Å²) in [6.07, 6.45) is 0. The van der Waals surface area contributed by atoms with Crippen LogP contribution in [-0.4, -0.2) is 8.42 Å². The van der Waals surface area contributed by atoms with Gasteiger partial charge in [-0.3, -0.25) is 0 Å². The molecule has 0 heterocycles. The van der Waals surface area contributed by atoms with Gasteiger partial charge in [0, 0.05) is 17.8 Å². The lowest BCUT2D eigenvalue weighted by molar-refractivity contribution is 0.574. The van der Waals surface area contributed by atoms with E-state index in [1.165, 1.54) is 24.3 Å². The number of sulfonamides is 1. The largest absolute Gasteiger partial charge is 0.399 e. The zero-order valence-electron chi connectivity index (χ0n) is 10.9. The normalized spacial score (nSPS) is 11.5. The van der Waals surface area contributed by atoms with Gasteiger partial charge in [-0.1, -0.05) is 18.2 Å². The molecule has 0 saturated carbocycles. The van der Waals surface area contributed by atoms with Gasteiger partial charge in [-0.15, -0.1) is 0 Å². The van der Waals surface area contributed by atoms with Gasteiger partial charge in [0.15, 0.2) is 0 Å². The summed E-state index contributed by atoms with van der Waals surface area (Å²) in [5.74, 6) is -0.445. The third-order valence-corrected chi connectivity index (χ3v) is 4.17. The monoisotopic (exact) mass is 294 g/mol. The van der Waals surface area contributed by atoms with Gasteiger partial charge in [0.1, 0.15) is 5.82 Å². The first-order valence-corrected chi connectivity index (χ1v) is 7.47. The number of rotatable bonds is 4. The lowest BCUT2D eigenvalue weighted by Crippen LogP contribution is -2.24. The Kier molecular flexibility index (Phi) is 4.06. The summed E-state index contributed by atoms with van der Waals surface area (Å²) in [4.78, 5) is 0.0753. The summed E-state index contributed by atoms with van der Waals surface area (Å²) >= 11 is 0. The molecule has 0 saturated heterocycles. The van der Waals surface area contributed by atoms with Crippen LogP contribution in [0.1, 0.15) is 11.1 Å². The smallest absolute Gasteiger partial charge is 0.240 e. The zero-order chi connectivity index (χ0) is 14.8. The van der Waals surface area contributed by atoms with Crippen LogP contribution < -0.4 is 10.5 Å². The summed E-state index contributed by atoms with van der Waals surface area (Å²) in [5, 5.41) is 0. The van der Waals surface area contributed by atoms with E-state index in [0.29, 0.717) is 5.69 Å². The quantitative estimate of drug-likeness (QED) is 0.849. The van der Waals surface area contributed by atoms with E-state index in [-0.39, 0.29) is 17.0 Å². The Labute approximate surface area is 117 Å². The fourth-order valence-corrected chi connectivity index (χ4v) is 2.97. The molecule has 0 radical (unpaired) electrons. The van der Waals surface area contributed by atoms with Crippen molar-refractivity contribution in [2.24, 2.45) is 0 Å². The van der Waals surface area contributed by atoms with Crippen molar-refractivity contribution in [3.05, 3.63) is 59.4 Å². The average molecular weight is 294 g/mol. The standard InChI is InChI=1S/C14H15FN2O2S/c1-10-6-12(16)8-13(7-10)20(18,19)17-9-11-4-2-3-5-14(11)15/h2-8,17H,9,16H2,1H3. The van der Waals surface area contributed by atoms with Gasteiger partial charge in [-0.2, -0.15) is 0 Å². The number of nitrogens with two attached hydrogens (primary N) is 1. The topological polar surface area (TPSA) is 72.2 Å². The number of benzene rings is 2. The fourth-order valence-electron chi connectivity index (χ4n) is 1.83. The van der Waals surface area contributed by atoms with Gasteiger partial charge >= 0.3 is 0 Å². The van der Waals surface area contributed by atoms with Crippen LogP contribution in [0, 0.1) is 12.7 Å². The molecule has 2 aromatic rings. The second-order valence-electron chi connectivity index (χ2n) is 4.50. The fraction of sp³-hybridized carbons (Fsp3) is 0.143. The van der Waals surface area contributed by atoms with Crippen molar-refractivity contribution in [1.82, 2.24) is 4.72 Å². The van der Waals surface area contributed by atoms with Gasteiger partial charge in [0.25, 0.3) is 0 Å². The first-order valence-electron chi connectivity index (χ1n) is 5.99. The first kappa shape index (κ1) is 14.5. The number of hydrogen-bond donors (Lipinski definition) is 2. The maximum absolute atomic E-state index is 13.4. The van der Waals surface area contributed by atoms with E-state index in [4.69, 9.17) is 5.73 Å². The minimum atomic E-state index is -3.72. The molecule has 0 amide bonds. The second kappa shape index (κ2) is 5.60. The summed E-state index contributed by atoms with van der Waals surface area (Å²) in [6.45, 7) is 1.65. The Morgan fingerprint density at radius 3 is 2.55 bits per heavy atom. The van der Waals surface area contributed by atoms with Crippen LogP contribution in [0.2, 0.25) is 0 Å². The molecule has 106 valence electrons. The minimum absolute atomic E-state index is 0.0753. The van der Waals surface area contributed by atoms with Crippen molar-refractivity contribution >= 4 is 15.7 Å². The molecule has 0 aliphatic rings. The van der Waals surface area contributed by atoms with Gasteiger partial charge in [-0.25, -0.2) is 17.5 Å². The highest BCUT2D eigenvalue weighted by Gasteiger charge is 2.15. The number of hydrogen-bond acceptors (Lipinski definition) is 3. The highest BCUT2D eigenvalue weighted by molar-refractivity contribution is 7.89. The third kappa shape index (κ3) is 3.34. The van der Waals surface area contributed by atoms with Crippen molar-refractivity contribution < 1.29 is 12.8 Å². The number of halogens is 1. The molecular formula is C14H15FN2O2S. The van der Waals surface area contributed by atoms with Crippen molar-refractivity contribution in [3.63, 3.8) is 0 Å². The summed E-state index contributed by atoms with van der Waals surface area (Å²) in [7, 11) is -3.72. The van der Waals surface area contributed by atoms with Gasteiger partial charge in [0.05, 0.1) is 4.90 Å². The Bertz CT molecular complexity index is 709. The molecule has 3 N–H and O–H groups in total. The lowest BCUT2D eigenvalue weighted by atomic mass is 10.2. The predicted octanol–water partition coefficient (Wildman–Crippen LogP) is 2.19. The second-order valence-corrected chi connectivity index (χ2v) is 6.26. The Morgan fingerprint density at radius 2 is 1.90 bits per heavy atom. The molecule has 0 atom stereocenters. The van der Waals surface area contributed by atoms with Crippen LogP contribution >= 0.6 is 0 Å². The molecule has 0 spiro atoms. The van der Waals surface area contributed by atoms with Crippen LogP contribution in [0.3, 0.4) is 0 Å². The minimum Gasteiger partial charge on any atom is -0.399 e. The maximum Gasteiger partial charge on any atom is 0.240 e. The molecule has 2 rings (SSSR count). The molecule has 0 unspecified atom stereocenters. The molecule has 6 heteroatoms. The van der Waals surface area contributed by atoms with E-state index in [2.05, 4.69) is 4.72 Å². The first-order chi connectivity index (χ1) is 9.38. The van der Waals surface area contributed by atoms with Gasteiger partial charge in [0.2, 0.25) is 10.0 Å². The lowest BCUT2D eigenvalue weighted by Gasteiger charge is -2.09. The molecular weight excluding hydrogens is 279 g/mol. The van der Waals surface area contributed by atoms with Gasteiger partial charge < -0.3 is 5.73 Å². The van der Waals surface area contributed by atoms with Crippen LogP contribution in [0.4, 0.5) is 10.1 Å². The van der Waals surface area contributed by atoms with Crippen molar-refractivity contribution in [2.75, 3.05) is 5.73 Å². The van der Waals surface area contributed by atoms with Crippen LogP contribution in [0.15, 0.2) is 47.4 Å². The molecule has 0 aliphatic heterocycles. The average Bonchev–Trinajstić information content (AvgIpc) is 2.37. The third-order valence-electron chi connectivity index (χ3n) is 2.79. The summed E-state index contributed by atoms with van der Waals surface area (Å²) < 4.78 is 40.1. The van der Waals surface area contributed by atoms with E-state index in [9.17, 15) is 12.8 Å². The van der Waals surface area contributed by atoms with Crippen molar-refractivity contribution in [2.45, 2.75) is 18.4 Å². The molecule has 0 bridgehead atoms. The molecule has 2 aromatic carbocycles. The van der Waals surface area contributed by atoms with E-state index in [1.54, 1.807) is 25.1 Å². The molecule has 20 heavy (non-hydrogen) atoms. The van der Waals surface area contributed by atoms with E-state index in [1.807, 2.05) is 0 Å². The van der Waals surface area contributed by atoms with Crippen molar-refractivity contribution in [3.8, 4) is 0 Å². The highest BCUT2D eigenvalue weighted by atomic mass is 32.2. The van der Waals surface area contributed by atoms with Crippen LogP contribution in [0.25, 0.3) is 0 Å². The Balaban J connectivity index is 2.22. The summed E-state index contributed by atoms with van der Waals surface area (Å²) in [6, 6.07) is 10.6. The van der Waals surface area contributed by atoms with Crippen LogP contribution in [-0.2, 0) is 16.6 Å². The van der Waals surface area contributed by atoms with E-state index >= 15 is 0 Å². The SMILES string of the molecule is Cc1cc(N)cc(S(=O)(=O)NCc2ccccc2F)c1. The number of aryl methyl sites for hydroxylation is 1. The molecule has 0 fully saturated rings. The van der Waals surface area contributed by atoms with E-state index < -0.39 is 15.8 Å². The number of nitrogens with one attached hydrogen (secondary N) is 1. The van der Waals surface area contributed by atoms with Crippen molar-refractivity contribution in [1.29, 1.82) is 0 Å². The van der Waals surface area contributed by atoms with Crippen LogP contribution in [0.5, 0.6) is 0 Å². The summed E-state index contributed by atoms with van der Waals surface area (Å²) in [5.41, 5.74) is 7.04. The van der Waals surface area contributed by atoms with E-state index in [0.717, 1.165) is 5.56 Å². The molecule has 0 aliphatic carbocycles. The maximum atomic E-state index is 13.4. The Hall–Kier alpha value is -1.92. The zero-order valence-corrected chi connectivity index (χ0v) is 11.7.